The number of amides is 1. The minimum Gasteiger partial charge on any atom is -0.483 e. The van der Waals surface area contributed by atoms with Gasteiger partial charge in [0, 0.05) is 13.1 Å². The SMILES string of the molecule is C=CCn1c(COc2ccccc2F)nnc1SC(CC)C(=O)NCc1ccccc1. The molecule has 1 N–H and O–H groups in total. The zero-order chi connectivity index (χ0) is 22.1. The third-order valence-corrected chi connectivity index (χ3v) is 5.86. The van der Waals surface area contributed by atoms with E-state index >= 15 is 0 Å². The van der Waals surface area contributed by atoms with Gasteiger partial charge in [-0.25, -0.2) is 4.39 Å². The molecule has 31 heavy (non-hydrogen) atoms. The molecule has 0 saturated carbocycles. The fraction of sp³-hybridized carbons (Fsp3) is 0.261. The fourth-order valence-corrected chi connectivity index (χ4v) is 3.88. The molecule has 3 rings (SSSR count). The number of allylic oxidation sites excluding steroid dienone is 1. The molecule has 1 aromatic heterocycles. The van der Waals surface area contributed by atoms with Crippen molar-refractivity contribution in [3.63, 3.8) is 0 Å². The second-order valence-electron chi connectivity index (χ2n) is 6.74. The average molecular weight is 441 g/mol. The molecule has 1 amide bonds. The van der Waals surface area contributed by atoms with Crippen LogP contribution in [0.2, 0.25) is 0 Å². The van der Waals surface area contributed by atoms with E-state index in [-0.39, 0.29) is 23.5 Å². The molecular weight excluding hydrogens is 415 g/mol. The Hall–Kier alpha value is -3.13. The van der Waals surface area contributed by atoms with Gasteiger partial charge < -0.3 is 10.1 Å². The van der Waals surface area contributed by atoms with Crippen molar-refractivity contribution in [2.45, 2.75) is 43.4 Å². The number of aromatic nitrogens is 3. The highest BCUT2D eigenvalue weighted by Crippen LogP contribution is 2.26. The van der Waals surface area contributed by atoms with Crippen molar-refractivity contribution < 1.29 is 13.9 Å². The maximum Gasteiger partial charge on any atom is 0.233 e. The summed E-state index contributed by atoms with van der Waals surface area (Å²) in [6.07, 6.45) is 2.35. The first kappa shape index (κ1) is 22.6. The first-order valence-electron chi connectivity index (χ1n) is 10.0. The molecule has 0 bridgehead atoms. The minimum absolute atomic E-state index is 0.0549. The van der Waals surface area contributed by atoms with E-state index < -0.39 is 5.82 Å². The van der Waals surface area contributed by atoms with Gasteiger partial charge in [-0.1, -0.05) is 67.2 Å². The molecule has 6 nitrogen and oxygen atoms in total. The van der Waals surface area contributed by atoms with E-state index in [1.165, 1.54) is 17.8 Å². The number of carbonyl (C=O) groups is 1. The number of nitrogens with one attached hydrogen (secondary N) is 1. The third kappa shape index (κ3) is 6.18. The second-order valence-corrected chi connectivity index (χ2v) is 7.91. The van der Waals surface area contributed by atoms with Crippen LogP contribution < -0.4 is 10.1 Å². The van der Waals surface area contributed by atoms with Gasteiger partial charge in [0.2, 0.25) is 5.91 Å². The Bertz CT molecular complexity index is 1010. The number of thioether (sulfide) groups is 1. The normalized spacial score (nSPS) is 11.7. The number of rotatable bonds is 11. The highest BCUT2D eigenvalue weighted by molar-refractivity contribution is 8.00. The van der Waals surface area contributed by atoms with Crippen LogP contribution in [-0.2, 0) is 24.5 Å². The molecule has 0 aliphatic rings. The molecule has 0 aliphatic heterocycles. The molecule has 162 valence electrons. The van der Waals surface area contributed by atoms with Crippen LogP contribution >= 0.6 is 11.8 Å². The van der Waals surface area contributed by atoms with Gasteiger partial charge in [-0.05, 0) is 24.1 Å². The van der Waals surface area contributed by atoms with Crippen LogP contribution in [0.15, 0.2) is 72.4 Å². The summed E-state index contributed by atoms with van der Waals surface area (Å²) in [6, 6.07) is 16.0. The lowest BCUT2D eigenvalue weighted by Gasteiger charge is -2.15. The summed E-state index contributed by atoms with van der Waals surface area (Å²) in [6.45, 7) is 6.71. The molecule has 0 aliphatic carbocycles. The van der Waals surface area contributed by atoms with Gasteiger partial charge >= 0.3 is 0 Å². The van der Waals surface area contributed by atoms with Crippen molar-refractivity contribution in [2.75, 3.05) is 0 Å². The lowest BCUT2D eigenvalue weighted by atomic mass is 10.2. The van der Waals surface area contributed by atoms with Crippen molar-refractivity contribution in [3.05, 3.63) is 84.5 Å². The molecular formula is C23H25FN4O2S. The Morgan fingerprint density at radius 1 is 1.23 bits per heavy atom. The first-order chi connectivity index (χ1) is 15.1. The monoisotopic (exact) mass is 440 g/mol. The van der Waals surface area contributed by atoms with Crippen LogP contribution in [0.5, 0.6) is 5.75 Å². The maximum atomic E-state index is 13.8. The van der Waals surface area contributed by atoms with Crippen LogP contribution in [0.3, 0.4) is 0 Å². The van der Waals surface area contributed by atoms with Crippen LogP contribution in [0.4, 0.5) is 4.39 Å². The summed E-state index contributed by atoms with van der Waals surface area (Å²) in [5, 5.41) is 11.7. The predicted molar refractivity (Wildman–Crippen MR) is 119 cm³/mol. The smallest absolute Gasteiger partial charge is 0.233 e. The molecule has 0 spiro atoms. The van der Waals surface area contributed by atoms with Gasteiger partial charge in [-0.3, -0.25) is 9.36 Å². The van der Waals surface area contributed by atoms with E-state index in [0.29, 0.717) is 30.5 Å². The number of benzene rings is 2. The number of halogens is 1. The Morgan fingerprint density at radius 3 is 2.68 bits per heavy atom. The Labute approximate surface area is 185 Å². The standard InChI is InChI=1S/C23H25FN4O2S/c1-3-14-28-21(16-30-19-13-9-8-12-18(19)24)26-27-23(28)31-20(4-2)22(29)25-15-17-10-6-5-7-11-17/h3,5-13,20H,1,4,14-16H2,2H3,(H,25,29). The molecule has 2 aromatic carbocycles. The van der Waals surface area contributed by atoms with E-state index in [0.717, 1.165) is 5.56 Å². The molecule has 0 radical (unpaired) electrons. The Morgan fingerprint density at radius 2 is 1.97 bits per heavy atom. The Kier molecular flexibility index (Phi) is 8.23. The zero-order valence-corrected chi connectivity index (χ0v) is 18.1. The largest absolute Gasteiger partial charge is 0.483 e. The number of carbonyl (C=O) groups excluding carboxylic acids is 1. The second kappa shape index (κ2) is 11.3. The minimum atomic E-state index is -0.437. The van der Waals surface area contributed by atoms with Gasteiger partial charge in [0.05, 0.1) is 5.25 Å². The summed E-state index contributed by atoms with van der Waals surface area (Å²) >= 11 is 1.34. The van der Waals surface area contributed by atoms with Gasteiger partial charge in [0.1, 0.15) is 6.61 Å². The van der Waals surface area contributed by atoms with Crippen LogP contribution in [0.25, 0.3) is 0 Å². The number of nitrogens with zero attached hydrogens (tertiary/aromatic N) is 3. The first-order valence-corrected chi connectivity index (χ1v) is 10.9. The highest BCUT2D eigenvalue weighted by Gasteiger charge is 2.22. The predicted octanol–water partition coefficient (Wildman–Crippen LogP) is 4.37. The summed E-state index contributed by atoms with van der Waals surface area (Å²) in [5.41, 5.74) is 1.04. The zero-order valence-electron chi connectivity index (χ0n) is 17.3. The number of hydrogen-bond donors (Lipinski definition) is 1. The van der Waals surface area contributed by atoms with Crippen molar-refractivity contribution in [1.29, 1.82) is 0 Å². The molecule has 1 unspecified atom stereocenters. The number of hydrogen-bond acceptors (Lipinski definition) is 5. The summed E-state index contributed by atoms with van der Waals surface area (Å²) in [7, 11) is 0. The van der Waals surface area contributed by atoms with E-state index in [9.17, 15) is 9.18 Å². The highest BCUT2D eigenvalue weighted by atomic mass is 32.2. The van der Waals surface area contributed by atoms with Crippen LogP contribution in [0.1, 0.15) is 24.7 Å². The van der Waals surface area contributed by atoms with Gasteiger partial charge in [0.25, 0.3) is 0 Å². The van der Waals surface area contributed by atoms with Crippen molar-refractivity contribution in [1.82, 2.24) is 20.1 Å². The van der Waals surface area contributed by atoms with Crippen LogP contribution in [0, 0.1) is 5.82 Å². The van der Waals surface area contributed by atoms with E-state index in [4.69, 9.17) is 4.74 Å². The summed E-state index contributed by atoms with van der Waals surface area (Å²) < 4.78 is 21.2. The molecule has 1 heterocycles. The van der Waals surface area contributed by atoms with Gasteiger partial charge in [-0.2, -0.15) is 0 Å². The number of ether oxygens (including phenoxy) is 1. The van der Waals surface area contributed by atoms with Crippen molar-refractivity contribution in [2.24, 2.45) is 0 Å². The van der Waals surface area contributed by atoms with E-state index in [1.807, 2.05) is 41.8 Å². The maximum absolute atomic E-state index is 13.8. The van der Waals surface area contributed by atoms with E-state index in [2.05, 4.69) is 22.1 Å². The molecule has 8 heteroatoms. The molecule has 0 saturated heterocycles. The van der Waals surface area contributed by atoms with Crippen LogP contribution in [-0.4, -0.2) is 25.9 Å². The molecule has 1 atom stereocenters. The van der Waals surface area contributed by atoms with E-state index in [1.54, 1.807) is 24.3 Å². The van der Waals surface area contributed by atoms with Crippen molar-refractivity contribution in [3.8, 4) is 5.75 Å². The topological polar surface area (TPSA) is 69.0 Å². The summed E-state index contributed by atoms with van der Waals surface area (Å²) in [5.74, 6) is 0.184. The summed E-state index contributed by atoms with van der Waals surface area (Å²) in [4.78, 5) is 12.7. The molecule has 3 aromatic rings. The fourth-order valence-electron chi connectivity index (χ4n) is 2.88. The van der Waals surface area contributed by atoms with Crippen molar-refractivity contribution >= 4 is 17.7 Å². The van der Waals surface area contributed by atoms with Gasteiger partial charge in [0.15, 0.2) is 22.5 Å². The third-order valence-electron chi connectivity index (χ3n) is 4.52. The average Bonchev–Trinajstić information content (AvgIpc) is 3.17. The van der Waals surface area contributed by atoms with Gasteiger partial charge in [-0.15, -0.1) is 16.8 Å². The molecule has 0 fully saturated rings. The lowest BCUT2D eigenvalue weighted by molar-refractivity contribution is -0.120. The Balaban J connectivity index is 1.66. The number of para-hydroxylation sites is 1. The lowest BCUT2D eigenvalue weighted by Crippen LogP contribution is -2.32. The quantitative estimate of drug-likeness (QED) is 0.354.